The van der Waals surface area contributed by atoms with E-state index in [1.54, 1.807) is 6.20 Å². The largest absolute Gasteiger partial charge is 0.481 e. The number of piperidine rings is 1. The topological polar surface area (TPSA) is 70.5 Å². The summed E-state index contributed by atoms with van der Waals surface area (Å²) >= 11 is 0. The molecule has 2 saturated heterocycles. The maximum atomic E-state index is 12.8. The number of amides is 1. The Morgan fingerprint density at radius 1 is 1.33 bits per heavy atom. The predicted octanol–water partition coefficient (Wildman–Crippen LogP) is 2.25. The van der Waals surface area contributed by atoms with E-state index >= 15 is 0 Å². The van der Waals surface area contributed by atoms with E-state index in [2.05, 4.69) is 4.98 Å². The number of rotatable bonds is 3. The Morgan fingerprint density at radius 3 is 2.57 bits per heavy atom. The van der Waals surface area contributed by atoms with E-state index in [1.807, 2.05) is 24.0 Å². The van der Waals surface area contributed by atoms with Crippen molar-refractivity contribution in [2.75, 3.05) is 0 Å². The van der Waals surface area contributed by atoms with Gasteiger partial charge in [0, 0.05) is 24.7 Å². The Bertz CT molecular complexity index is 558. The molecule has 0 spiro atoms. The van der Waals surface area contributed by atoms with E-state index in [-0.39, 0.29) is 30.3 Å². The summed E-state index contributed by atoms with van der Waals surface area (Å²) in [6, 6.07) is 4.10. The molecule has 3 heterocycles. The van der Waals surface area contributed by atoms with Crippen LogP contribution in [0.4, 0.5) is 0 Å². The average Bonchev–Trinajstić information content (AvgIpc) is 2.69. The molecule has 0 saturated carbocycles. The lowest BCUT2D eigenvalue weighted by atomic mass is 9.88. The second-order valence-corrected chi connectivity index (χ2v) is 6.20. The van der Waals surface area contributed by atoms with Crippen LogP contribution in [0.15, 0.2) is 18.3 Å². The van der Waals surface area contributed by atoms with Gasteiger partial charge in [0.2, 0.25) is 0 Å². The molecule has 2 aliphatic heterocycles. The van der Waals surface area contributed by atoms with E-state index in [0.717, 1.165) is 31.2 Å². The average molecular weight is 288 g/mol. The Kier molecular flexibility index (Phi) is 3.66. The van der Waals surface area contributed by atoms with Crippen LogP contribution in [0.3, 0.4) is 0 Å². The predicted molar refractivity (Wildman–Crippen MR) is 76.9 cm³/mol. The number of carbonyl (C=O) groups is 2. The third kappa shape index (κ3) is 2.64. The summed E-state index contributed by atoms with van der Waals surface area (Å²) in [5.41, 5.74) is 1.43. The molecule has 3 rings (SSSR count). The first-order valence-corrected chi connectivity index (χ1v) is 7.52. The summed E-state index contributed by atoms with van der Waals surface area (Å²) in [4.78, 5) is 29.8. The van der Waals surface area contributed by atoms with Crippen molar-refractivity contribution in [2.45, 2.75) is 51.1 Å². The lowest BCUT2D eigenvalue weighted by molar-refractivity contribution is -0.138. The number of nitrogens with zero attached hydrogens (tertiary/aromatic N) is 2. The maximum Gasteiger partial charge on any atom is 0.303 e. The number of aliphatic carboxylic acids is 1. The van der Waals surface area contributed by atoms with Gasteiger partial charge in [-0.3, -0.25) is 14.6 Å². The van der Waals surface area contributed by atoms with Crippen LogP contribution < -0.4 is 0 Å². The molecule has 0 radical (unpaired) electrons. The minimum atomic E-state index is -0.736. The molecule has 1 N–H and O–H groups in total. The zero-order valence-electron chi connectivity index (χ0n) is 12.2. The van der Waals surface area contributed by atoms with Crippen molar-refractivity contribution < 1.29 is 14.7 Å². The first kappa shape index (κ1) is 14.0. The highest BCUT2D eigenvalue weighted by Crippen LogP contribution is 2.40. The van der Waals surface area contributed by atoms with Gasteiger partial charge in [-0.15, -0.1) is 0 Å². The van der Waals surface area contributed by atoms with Gasteiger partial charge in [0.25, 0.3) is 5.91 Å². The van der Waals surface area contributed by atoms with Gasteiger partial charge >= 0.3 is 5.97 Å². The normalized spacial score (nSPS) is 27.7. The van der Waals surface area contributed by atoms with Crippen LogP contribution in [0.1, 0.15) is 48.2 Å². The first-order chi connectivity index (χ1) is 10.1. The number of aromatic nitrogens is 1. The molecule has 2 bridgehead atoms. The van der Waals surface area contributed by atoms with Crippen LogP contribution >= 0.6 is 0 Å². The van der Waals surface area contributed by atoms with Crippen molar-refractivity contribution >= 4 is 11.9 Å². The zero-order valence-corrected chi connectivity index (χ0v) is 12.2. The van der Waals surface area contributed by atoms with E-state index in [0.29, 0.717) is 5.69 Å². The van der Waals surface area contributed by atoms with Gasteiger partial charge in [-0.05, 0) is 50.2 Å². The quantitative estimate of drug-likeness (QED) is 0.926. The third-order valence-corrected chi connectivity index (χ3v) is 4.74. The van der Waals surface area contributed by atoms with Gasteiger partial charge in [-0.1, -0.05) is 6.07 Å². The highest BCUT2D eigenvalue weighted by Gasteiger charge is 2.44. The van der Waals surface area contributed by atoms with Gasteiger partial charge in [-0.2, -0.15) is 0 Å². The molecule has 2 atom stereocenters. The van der Waals surface area contributed by atoms with E-state index in [4.69, 9.17) is 5.11 Å². The molecule has 1 amide bonds. The van der Waals surface area contributed by atoms with E-state index in [1.165, 1.54) is 0 Å². The number of carbonyl (C=O) groups excluding carboxylic acids is 1. The van der Waals surface area contributed by atoms with Crippen LogP contribution in [-0.2, 0) is 4.79 Å². The third-order valence-electron chi connectivity index (χ3n) is 4.74. The molecule has 21 heavy (non-hydrogen) atoms. The van der Waals surface area contributed by atoms with Crippen LogP contribution in [-0.4, -0.2) is 39.0 Å². The van der Waals surface area contributed by atoms with Crippen molar-refractivity contribution in [2.24, 2.45) is 5.92 Å². The molecular formula is C16H20N2O3. The van der Waals surface area contributed by atoms with E-state index < -0.39 is 5.97 Å². The molecule has 1 aromatic heterocycles. The Hall–Kier alpha value is -1.91. The second-order valence-electron chi connectivity index (χ2n) is 6.20. The number of hydrogen-bond donors (Lipinski definition) is 1. The number of carboxylic acids is 1. The van der Waals surface area contributed by atoms with Crippen LogP contribution in [0, 0.1) is 12.8 Å². The van der Waals surface area contributed by atoms with Crippen molar-refractivity contribution in [3.8, 4) is 0 Å². The van der Waals surface area contributed by atoms with Crippen LogP contribution in [0.25, 0.3) is 0 Å². The fraction of sp³-hybridized carbons (Fsp3) is 0.562. The molecular weight excluding hydrogens is 268 g/mol. The summed E-state index contributed by atoms with van der Waals surface area (Å²) in [6.45, 7) is 1.90. The van der Waals surface area contributed by atoms with Crippen molar-refractivity contribution in [3.63, 3.8) is 0 Å². The fourth-order valence-corrected chi connectivity index (χ4v) is 3.87. The lowest BCUT2D eigenvalue weighted by Gasteiger charge is -2.38. The lowest BCUT2D eigenvalue weighted by Crippen LogP contribution is -2.47. The monoisotopic (exact) mass is 288 g/mol. The minimum Gasteiger partial charge on any atom is -0.481 e. The summed E-state index contributed by atoms with van der Waals surface area (Å²) in [6.07, 6.45) is 5.45. The summed E-state index contributed by atoms with van der Waals surface area (Å²) in [5.74, 6) is -0.525. The Balaban J connectivity index is 1.78. The number of pyridine rings is 1. The van der Waals surface area contributed by atoms with Crippen LogP contribution in [0.2, 0.25) is 0 Å². The van der Waals surface area contributed by atoms with Gasteiger partial charge in [0.05, 0.1) is 0 Å². The van der Waals surface area contributed by atoms with Crippen molar-refractivity contribution in [1.82, 2.24) is 9.88 Å². The van der Waals surface area contributed by atoms with Crippen molar-refractivity contribution in [3.05, 3.63) is 29.6 Å². The molecule has 112 valence electrons. The molecule has 0 aromatic carbocycles. The molecule has 0 aliphatic carbocycles. The molecule has 1 aromatic rings. The number of fused-ring (bicyclic) bond motifs is 2. The van der Waals surface area contributed by atoms with Crippen molar-refractivity contribution in [1.29, 1.82) is 0 Å². The number of aryl methyl sites for hydroxylation is 1. The molecule has 5 heteroatoms. The highest BCUT2D eigenvalue weighted by atomic mass is 16.4. The molecule has 2 unspecified atom stereocenters. The zero-order chi connectivity index (χ0) is 15.0. The Morgan fingerprint density at radius 2 is 2.00 bits per heavy atom. The van der Waals surface area contributed by atoms with E-state index in [9.17, 15) is 9.59 Å². The van der Waals surface area contributed by atoms with Gasteiger partial charge in [0.1, 0.15) is 5.69 Å². The summed E-state index contributed by atoms with van der Waals surface area (Å²) in [5, 5.41) is 8.96. The SMILES string of the molecule is Cc1cccnc1C(=O)N1C2CCC1CC(CC(=O)O)C2. The molecule has 2 fully saturated rings. The first-order valence-electron chi connectivity index (χ1n) is 7.52. The van der Waals surface area contributed by atoms with Gasteiger partial charge in [-0.25, -0.2) is 0 Å². The molecule has 2 aliphatic rings. The van der Waals surface area contributed by atoms with Gasteiger partial charge in [0.15, 0.2) is 0 Å². The van der Waals surface area contributed by atoms with Crippen LogP contribution in [0.5, 0.6) is 0 Å². The second kappa shape index (κ2) is 5.47. The highest BCUT2D eigenvalue weighted by molar-refractivity contribution is 5.94. The Labute approximate surface area is 124 Å². The number of hydrogen-bond acceptors (Lipinski definition) is 3. The number of carboxylic acid groups (broad SMARTS) is 1. The smallest absolute Gasteiger partial charge is 0.303 e. The maximum absolute atomic E-state index is 12.8. The minimum absolute atomic E-state index is 0.00868. The molecule has 5 nitrogen and oxygen atoms in total. The van der Waals surface area contributed by atoms with Gasteiger partial charge < -0.3 is 10.0 Å². The fourth-order valence-electron chi connectivity index (χ4n) is 3.87. The summed E-state index contributed by atoms with van der Waals surface area (Å²) < 4.78 is 0. The summed E-state index contributed by atoms with van der Waals surface area (Å²) in [7, 11) is 0. The standard InChI is InChI=1S/C16H20N2O3/c1-10-3-2-6-17-15(10)16(21)18-12-4-5-13(18)8-11(7-12)9-14(19)20/h2-3,6,11-13H,4-5,7-9H2,1H3,(H,19,20).